The van der Waals surface area contributed by atoms with Crippen molar-refractivity contribution in [3.63, 3.8) is 0 Å². The molecule has 35 heavy (non-hydrogen) atoms. The highest BCUT2D eigenvalue weighted by atomic mass is 16.7. The Hall–Kier alpha value is -4.13. The Morgan fingerprint density at radius 2 is 1.37 bits per heavy atom. The zero-order chi connectivity index (χ0) is 25.0. The molecule has 0 fully saturated rings. The Bertz CT molecular complexity index is 1190. The maximum atomic E-state index is 12.8. The van der Waals surface area contributed by atoms with Crippen LogP contribution in [0.5, 0.6) is 0 Å². The summed E-state index contributed by atoms with van der Waals surface area (Å²) in [6, 6.07) is 24.5. The Morgan fingerprint density at radius 1 is 0.829 bits per heavy atom. The van der Waals surface area contributed by atoms with Crippen LogP contribution in [-0.2, 0) is 14.4 Å². The van der Waals surface area contributed by atoms with Crippen molar-refractivity contribution < 1.29 is 24.0 Å². The van der Waals surface area contributed by atoms with Crippen LogP contribution >= 0.6 is 0 Å². The summed E-state index contributed by atoms with van der Waals surface area (Å²) in [7, 11) is 0. The van der Waals surface area contributed by atoms with Gasteiger partial charge in [-0.15, -0.1) is 0 Å². The number of alkyl carbamates (subject to hydrolysis) is 1. The summed E-state index contributed by atoms with van der Waals surface area (Å²) in [5, 5.41) is 3.45. The predicted molar refractivity (Wildman–Crippen MR) is 132 cm³/mol. The van der Waals surface area contributed by atoms with E-state index in [1.807, 2.05) is 36.4 Å². The molecule has 0 unspecified atom stereocenters. The average Bonchev–Trinajstić information content (AvgIpc) is 3.18. The molecule has 2 amide bonds. The summed E-state index contributed by atoms with van der Waals surface area (Å²) >= 11 is 0. The Labute approximate surface area is 204 Å². The van der Waals surface area contributed by atoms with Crippen LogP contribution in [0.1, 0.15) is 48.2 Å². The molecule has 180 valence electrons. The molecule has 7 nitrogen and oxygen atoms in total. The van der Waals surface area contributed by atoms with Gasteiger partial charge in [0.2, 0.25) is 0 Å². The number of hydrogen-bond acceptors (Lipinski definition) is 5. The monoisotopic (exact) mass is 472 g/mol. The number of nitrogens with zero attached hydrogens (tertiary/aromatic N) is 1. The Kier molecular flexibility index (Phi) is 6.87. The predicted octanol–water partition coefficient (Wildman–Crippen LogP) is 4.92. The molecule has 3 aromatic carbocycles. The standard InChI is InChI=1S/C28H28N2O5/c1-28(2,3)30(35-26(32)19-11-5-4-6-12-19)25(31)17-29-27(33)34-18-24-22-15-9-7-13-20(22)21-14-8-10-16-23(21)24/h4-16,24H,17-18H2,1-3H3,(H,29,33). The van der Waals surface area contributed by atoms with Gasteiger partial charge in [-0.1, -0.05) is 66.7 Å². The third-order valence-corrected chi connectivity index (χ3v) is 5.75. The van der Waals surface area contributed by atoms with E-state index in [4.69, 9.17) is 9.57 Å². The maximum absolute atomic E-state index is 12.8. The number of rotatable bonds is 5. The molecule has 0 aliphatic heterocycles. The second kappa shape index (κ2) is 10.0. The van der Waals surface area contributed by atoms with Gasteiger partial charge in [0.1, 0.15) is 13.2 Å². The lowest BCUT2D eigenvalue weighted by atomic mass is 9.98. The second-order valence-electron chi connectivity index (χ2n) is 9.28. The number of ether oxygens (including phenoxy) is 1. The molecule has 0 heterocycles. The SMILES string of the molecule is CC(C)(C)N(OC(=O)c1ccccc1)C(=O)CNC(=O)OCC1c2ccccc2-c2ccccc21. The topological polar surface area (TPSA) is 84.9 Å². The van der Waals surface area contributed by atoms with Gasteiger partial charge in [0.25, 0.3) is 5.91 Å². The Morgan fingerprint density at radius 3 is 1.94 bits per heavy atom. The van der Waals surface area contributed by atoms with Crippen LogP contribution in [0.25, 0.3) is 11.1 Å². The number of amides is 2. The molecule has 0 aromatic heterocycles. The van der Waals surface area contributed by atoms with E-state index in [1.54, 1.807) is 51.1 Å². The van der Waals surface area contributed by atoms with Crippen LogP contribution in [-0.4, -0.2) is 41.7 Å². The van der Waals surface area contributed by atoms with E-state index in [9.17, 15) is 14.4 Å². The van der Waals surface area contributed by atoms with Crippen LogP contribution in [0.2, 0.25) is 0 Å². The first-order chi connectivity index (χ1) is 16.8. The average molecular weight is 473 g/mol. The molecule has 0 saturated heterocycles. The van der Waals surface area contributed by atoms with Gasteiger partial charge in [0, 0.05) is 5.92 Å². The van der Waals surface area contributed by atoms with Crippen LogP contribution in [0.3, 0.4) is 0 Å². The van der Waals surface area contributed by atoms with Crippen molar-refractivity contribution in [3.05, 3.63) is 95.6 Å². The summed E-state index contributed by atoms with van der Waals surface area (Å²) in [5.74, 6) is -1.31. The zero-order valence-electron chi connectivity index (χ0n) is 20.0. The fourth-order valence-corrected chi connectivity index (χ4v) is 4.14. The minimum absolute atomic E-state index is 0.0817. The summed E-state index contributed by atoms with van der Waals surface area (Å²) in [6.07, 6.45) is -0.719. The lowest BCUT2D eigenvalue weighted by Gasteiger charge is -2.33. The van der Waals surface area contributed by atoms with E-state index >= 15 is 0 Å². The van der Waals surface area contributed by atoms with Crippen molar-refractivity contribution in [2.75, 3.05) is 13.2 Å². The number of benzene rings is 3. The van der Waals surface area contributed by atoms with Gasteiger partial charge in [-0.3, -0.25) is 4.79 Å². The van der Waals surface area contributed by atoms with Crippen molar-refractivity contribution in [3.8, 4) is 11.1 Å². The van der Waals surface area contributed by atoms with Crippen molar-refractivity contribution in [1.82, 2.24) is 10.4 Å². The van der Waals surface area contributed by atoms with Gasteiger partial charge in [0.15, 0.2) is 0 Å². The highest BCUT2D eigenvalue weighted by Gasteiger charge is 2.32. The third-order valence-electron chi connectivity index (χ3n) is 5.75. The number of nitrogens with one attached hydrogen (secondary N) is 1. The van der Waals surface area contributed by atoms with Crippen LogP contribution in [0.15, 0.2) is 78.9 Å². The number of fused-ring (bicyclic) bond motifs is 3. The molecule has 4 rings (SSSR count). The van der Waals surface area contributed by atoms with Crippen molar-refractivity contribution in [2.45, 2.75) is 32.2 Å². The molecule has 0 saturated carbocycles. The van der Waals surface area contributed by atoms with Gasteiger partial charge >= 0.3 is 12.1 Å². The fourth-order valence-electron chi connectivity index (χ4n) is 4.14. The molecule has 1 aliphatic rings. The largest absolute Gasteiger partial charge is 0.449 e. The van der Waals surface area contributed by atoms with Crippen LogP contribution < -0.4 is 5.32 Å². The molecule has 3 aromatic rings. The third kappa shape index (κ3) is 5.35. The normalized spacial score (nSPS) is 12.3. The van der Waals surface area contributed by atoms with E-state index in [-0.39, 0.29) is 19.1 Å². The first-order valence-corrected chi connectivity index (χ1v) is 11.4. The second-order valence-corrected chi connectivity index (χ2v) is 9.28. The van der Waals surface area contributed by atoms with E-state index in [1.165, 1.54) is 0 Å². The van der Waals surface area contributed by atoms with Gasteiger partial charge < -0.3 is 14.9 Å². The smallest absolute Gasteiger partial charge is 0.407 e. The van der Waals surface area contributed by atoms with Crippen LogP contribution in [0, 0.1) is 0 Å². The van der Waals surface area contributed by atoms with Crippen molar-refractivity contribution in [1.29, 1.82) is 0 Å². The zero-order valence-corrected chi connectivity index (χ0v) is 20.0. The Balaban J connectivity index is 1.35. The number of carbonyl (C=O) groups is 3. The van der Waals surface area contributed by atoms with E-state index in [0.29, 0.717) is 5.56 Å². The van der Waals surface area contributed by atoms with Crippen LogP contribution in [0.4, 0.5) is 4.79 Å². The molecule has 0 radical (unpaired) electrons. The summed E-state index contributed by atoms with van der Waals surface area (Å²) < 4.78 is 5.48. The first kappa shape index (κ1) is 24.0. The highest BCUT2D eigenvalue weighted by molar-refractivity contribution is 5.91. The molecular weight excluding hydrogens is 444 g/mol. The quantitative estimate of drug-likeness (QED) is 0.533. The summed E-state index contributed by atoms with van der Waals surface area (Å²) in [6.45, 7) is 4.96. The summed E-state index contributed by atoms with van der Waals surface area (Å²) in [4.78, 5) is 43.1. The maximum Gasteiger partial charge on any atom is 0.407 e. The molecule has 1 N–H and O–H groups in total. The molecule has 7 heteroatoms. The first-order valence-electron chi connectivity index (χ1n) is 11.4. The molecular formula is C28H28N2O5. The van der Waals surface area contributed by atoms with Crippen molar-refractivity contribution in [2.24, 2.45) is 0 Å². The van der Waals surface area contributed by atoms with Gasteiger partial charge in [0.05, 0.1) is 11.1 Å². The van der Waals surface area contributed by atoms with Gasteiger partial charge in [-0.2, -0.15) is 5.06 Å². The van der Waals surface area contributed by atoms with E-state index < -0.39 is 23.5 Å². The van der Waals surface area contributed by atoms with Gasteiger partial charge in [-0.05, 0) is 55.2 Å². The number of carbonyl (C=O) groups excluding carboxylic acids is 3. The highest BCUT2D eigenvalue weighted by Crippen LogP contribution is 2.44. The molecule has 0 bridgehead atoms. The molecule has 0 atom stereocenters. The minimum atomic E-state index is -0.815. The number of hydroxylamine groups is 2. The molecule has 0 spiro atoms. The summed E-state index contributed by atoms with van der Waals surface area (Å²) in [5.41, 5.74) is 3.97. The molecule has 1 aliphatic carbocycles. The fraction of sp³-hybridized carbons (Fsp3) is 0.250. The minimum Gasteiger partial charge on any atom is -0.449 e. The van der Waals surface area contributed by atoms with Gasteiger partial charge in [-0.25, -0.2) is 9.59 Å². The van der Waals surface area contributed by atoms with E-state index in [0.717, 1.165) is 27.3 Å². The van der Waals surface area contributed by atoms with Crippen molar-refractivity contribution >= 4 is 18.0 Å². The number of hydrogen-bond donors (Lipinski definition) is 1. The lowest BCUT2D eigenvalue weighted by molar-refractivity contribution is -0.187. The lowest BCUT2D eigenvalue weighted by Crippen LogP contribution is -2.50. The van der Waals surface area contributed by atoms with E-state index in [2.05, 4.69) is 17.4 Å².